The third-order valence-corrected chi connectivity index (χ3v) is 4.20. The second-order valence-electron chi connectivity index (χ2n) is 6.01. The Morgan fingerprint density at radius 2 is 0.962 bits per heavy atom. The first-order valence-corrected chi connectivity index (χ1v) is 8.55. The summed E-state index contributed by atoms with van der Waals surface area (Å²) >= 11 is 0. The van der Waals surface area contributed by atoms with Crippen LogP contribution in [0.3, 0.4) is 0 Å². The number of hydrogen-bond acceptors (Lipinski definition) is 0. The van der Waals surface area contributed by atoms with E-state index in [2.05, 4.69) is 84.4 Å². The standard InChI is InChI=1S/C26H16/c1-2-11-24-13-4-6-15-26(24)19-17-22-9-7-8-21(20-22)16-18-25-14-5-3-12-23(25)10-1/h3-9,12-20H/b18-16+,19-17+. The highest BCUT2D eigenvalue weighted by atomic mass is 14.0. The van der Waals surface area contributed by atoms with Crippen molar-refractivity contribution in [2.75, 3.05) is 0 Å². The average molecular weight is 328 g/mol. The maximum Gasteiger partial charge on any atom is 0.0327 e. The zero-order chi connectivity index (χ0) is 17.6. The lowest BCUT2D eigenvalue weighted by atomic mass is 10.0. The quantitative estimate of drug-likeness (QED) is 0.461. The van der Waals surface area contributed by atoms with Crippen LogP contribution >= 0.6 is 0 Å². The van der Waals surface area contributed by atoms with E-state index in [1.54, 1.807) is 0 Å². The Morgan fingerprint density at radius 3 is 1.50 bits per heavy atom. The normalized spacial score (nSPS) is 14.0. The van der Waals surface area contributed by atoms with Gasteiger partial charge in [-0.3, -0.25) is 0 Å². The Bertz CT molecular complexity index is 1050. The third kappa shape index (κ3) is 3.67. The molecular formula is C26H16. The molecule has 0 heteroatoms. The summed E-state index contributed by atoms with van der Waals surface area (Å²) in [5, 5.41) is 0. The van der Waals surface area contributed by atoms with Crippen LogP contribution in [0.4, 0.5) is 0 Å². The topological polar surface area (TPSA) is 0 Å². The van der Waals surface area contributed by atoms with Gasteiger partial charge in [0.2, 0.25) is 0 Å². The van der Waals surface area contributed by atoms with Gasteiger partial charge in [0.1, 0.15) is 0 Å². The van der Waals surface area contributed by atoms with Crippen LogP contribution in [0.1, 0.15) is 33.4 Å². The van der Waals surface area contributed by atoms with E-state index in [-0.39, 0.29) is 0 Å². The number of hydrogen-bond donors (Lipinski definition) is 0. The maximum atomic E-state index is 3.18. The van der Waals surface area contributed by atoms with Gasteiger partial charge in [-0.25, -0.2) is 0 Å². The fraction of sp³-hybridized carbons (Fsp3) is 0. The molecule has 0 aromatic heterocycles. The molecule has 0 saturated carbocycles. The summed E-state index contributed by atoms with van der Waals surface area (Å²) in [6.45, 7) is 0. The summed E-state index contributed by atoms with van der Waals surface area (Å²) < 4.78 is 0. The Morgan fingerprint density at radius 1 is 0.462 bits per heavy atom. The van der Waals surface area contributed by atoms with Gasteiger partial charge < -0.3 is 0 Å². The molecule has 3 aromatic carbocycles. The molecule has 0 atom stereocenters. The van der Waals surface area contributed by atoms with Crippen LogP contribution in [-0.4, -0.2) is 0 Å². The predicted octanol–water partition coefficient (Wildman–Crippen LogP) is 5.74. The van der Waals surface area contributed by atoms with Crippen molar-refractivity contribution >= 4 is 24.3 Å². The second kappa shape index (κ2) is 7.43. The molecule has 0 amide bonds. The molecule has 3 aromatic rings. The molecule has 0 fully saturated rings. The van der Waals surface area contributed by atoms with E-state index in [1.807, 2.05) is 36.4 Å². The average Bonchev–Trinajstić information content (AvgIpc) is 2.69. The molecule has 0 spiro atoms. The summed E-state index contributed by atoms with van der Waals surface area (Å²) in [4.78, 5) is 0. The second-order valence-corrected chi connectivity index (χ2v) is 6.01. The third-order valence-electron chi connectivity index (χ3n) is 4.20. The number of benzene rings is 3. The van der Waals surface area contributed by atoms with Crippen molar-refractivity contribution in [3.8, 4) is 23.7 Å². The summed E-state index contributed by atoms with van der Waals surface area (Å²) in [6.07, 6.45) is 8.46. The highest BCUT2D eigenvalue weighted by Gasteiger charge is 1.97. The van der Waals surface area contributed by atoms with E-state index in [1.165, 1.54) is 0 Å². The highest BCUT2D eigenvalue weighted by molar-refractivity contribution is 5.77. The van der Waals surface area contributed by atoms with Gasteiger partial charge in [-0.15, -0.1) is 0 Å². The molecule has 0 radical (unpaired) electrons. The minimum atomic E-state index is 0.982. The Hall–Kier alpha value is -3.74. The van der Waals surface area contributed by atoms with E-state index < -0.39 is 0 Å². The van der Waals surface area contributed by atoms with Crippen LogP contribution in [0.25, 0.3) is 24.3 Å². The van der Waals surface area contributed by atoms with Crippen molar-refractivity contribution in [3.05, 3.63) is 106 Å². The largest absolute Gasteiger partial charge is 0.0616 e. The van der Waals surface area contributed by atoms with Crippen molar-refractivity contribution in [2.24, 2.45) is 0 Å². The van der Waals surface area contributed by atoms with Crippen LogP contribution < -0.4 is 0 Å². The number of fused-ring (bicyclic) bond motifs is 4. The van der Waals surface area contributed by atoms with E-state index in [4.69, 9.17) is 0 Å². The molecule has 1 aliphatic rings. The molecule has 26 heavy (non-hydrogen) atoms. The molecule has 120 valence electrons. The molecular weight excluding hydrogens is 312 g/mol. The van der Waals surface area contributed by atoms with Gasteiger partial charge in [0.15, 0.2) is 0 Å². The zero-order valence-electron chi connectivity index (χ0n) is 14.2. The van der Waals surface area contributed by atoms with Gasteiger partial charge >= 0.3 is 0 Å². The minimum absolute atomic E-state index is 0.982. The molecule has 0 unspecified atom stereocenters. The van der Waals surface area contributed by atoms with Crippen molar-refractivity contribution in [1.29, 1.82) is 0 Å². The lowest BCUT2D eigenvalue weighted by Crippen LogP contribution is -1.81. The molecule has 1 aliphatic carbocycles. The minimum Gasteiger partial charge on any atom is -0.0616 e. The van der Waals surface area contributed by atoms with Gasteiger partial charge in [0, 0.05) is 11.1 Å². The molecule has 0 N–H and O–H groups in total. The summed E-state index contributed by atoms with van der Waals surface area (Å²) in [7, 11) is 0. The van der Waals surface area contributed by atoms with Gasteiger partial charge in [0.25, 0.3) is 0 Å². The summed E-state index contributed by atoms with van der Waals surface area (Å²) in [5.74, 6) is 12.3. The van der Waals surface area contributed by atoms with E-state index in [9.17, 15) is 0 Å². The van der Waals surface area contributed by atoms with Crippen LogP contribution in [0, 0.1) is 23.7 Å². The van der Waals surface area contributed by atoms with Crippen LogP contribution in [0.2, 0.25) is 0 Å². The zero-order valence-corrected chi connectivity index (χ0v) is 14.2. The van der Waals surface area contributed by atoms with Crippen molar-refractivity contribution in [2.45, 2.75) is 0 Å². The van der Waals surface area contributed by atoms with Gasteiger partial charge in [0.05, 0.1) is 0 Å². The first kappa shape index (κ1) is 15.8. The Balaban J connectivity index is 1.89. The highest BCUT2D eigenvalue weighted by Crippen LogP contribution is 2.16. The molecule has 0 aliphatic heterocycles. The van der Waals surface area contributed by atoms with Crippen molar-refractivity contribution < 1.29 is 0 Å². The van der Waals surface area contributed by atoms with Gasteiger partial charge in [-0.1, -0.05) is 90.7 Å². The van der Waals surface area contributed by atoms with E-state index in [0.717, 1.165) is 33.4 Å². The van der Waals surface area contributed by atoms with Crippen molar-refractivity contribution in [3.63, 3.8) is 0 Å². The number of rotatable bonds is 0. The van der Waals surface area contributed by atoms with Crippen molar-refractivity contribution in [1.82, 2.24) is 0 Å². The smallest absolute Gasteiger partial charge is 0.0327 e. The predicted molar refractivity (Wildman–Crippen MR) is 111 cm³/mol. The SMILES string of the molecule is C1#Cc2ccccc2/C=C/c2cccc(c2)/C=C/c2ccccc2C#C1. The molecule has 0 nitrogen and oxygen atoms in total. The first-order chi connectivity index (χ1) is 12.9. The fourth-order valence-corrected chi connectivity index (χ4v) is 2.85. The Labute approximate surface area is 154 Å². The van der Waals surface area contributed by atoms with Crippen LogP contribution in [-0.2, 0) is 0 Å². The first-order valence-electron chi connectivity index (χ1n) is 8.55. The van der Waals surface area contributed by atoms with Gasteiger partial charge in [-0.05, 0) is 52.3 Å². The maximum absolute atomic E-state index is 3.18. The van der Waals surface area contributed by atoms with E-state index >= 15 is 0 Å². The monoisotopic (exact) mass is 328 g/mol. The molecule has 4 rings (SSSR count). The van der Waals surface area contributed by atoms with Crippen LogP contribution in [0.15, 0.2) is 72.8 Å². The molecule has 0 saturated heterocycles. The molecule has 2 bridgehead atoms. The van der Waals surface area contributed by atoms with E-state index in [0.29, 0.717) is 0 Å². The summed E-state index contributed by atoms with van der Waals surface area (Å²) in [6, 6.07) is 24.7. The Kier molecular flexibility index (Phi) is 4.51. The van der Waals surface area contributed by atoms with Crippen LogP contribution in [0.5, 0.6) is 0 Å². The molecule has 0 heterocycles. The van der Waals surface area contributed by atoms with Gasteiger partial charge in [-0.2, -0.15) is 0 Å². The summed E-state index contributed by atoms with van der Waals surface area (Å²) in [5.41, 5.74) is 6.48. The lowest BCUT2D eigenvalue weighted by molar-refractivity contribution is 1.59. The lowest BCUT2D eigenvalue weighted by Gasteiger charge is -2.00. The fourth-order valence-electron chi connectivity index (χ4n) is 2.85.